The molecule has 1 aromatic carbocycles. The summed E-state index contributed by atoms with van der Waals surface area (Å²) < 4.78 is 11.7. The molecule has 0 N–H and O–H groups in total. The molecule has 6 heteroatoms. The van der Waals surface area contributed by atoms with Crippen molar-refractivity contribution in [2.75, 3.05) is 7.11 Å². The Kier molecular flexibility index (Phi) is 5.32. The smallest absolute Gasteiger partial charge is 0.242 e. The van der Waals surface area contributed by atoms with Gasteiger partial charge in [0.15, 0.2) is 11.6 Å². The number of hydrogen-bond donors (Lipinski definition) is 0. The molecule has 0 amide bonds. The van der Waals surface area contributed by atoms with Crippen LogP contribution in [0.4, 0.5) is 0 Å². The summed E-state index contributed by atoms with van der Waals surface area (Å²) in [7, 11) is -0.575. The Labute approximate surface area is 149 Å². The number of hydrogen-bond acceptors (Lipinski definition) is 5. The maximum atomic E-state index is 13.0. The number of carbonyl (C=O) groups is 3. The standard InChI is InChI=1S/C19H24O5Si/c1-11(20)10-14-16(12(2)21)19(24-25(4,5)6)17-13(18(14)22)8-7-9-15(17)23-3/h7-9,14H,10H2,1-6H3. The summed E-state index contributed by atoms with van der Waals surface area (Å²) in [6, 6.07) is 5.16. The lowest BCUT2D eigenvalue weighted by Gasteiger charge is -2.32. The van der Waals surface area contributed by atoms with Gasteiger partial charge < -0.3 is 9.16 Å². The summed E-state index contributed by atoms with van der Waals surface area (Å²) in [5.41, 5.74) is 1.23. The van der Waals surface area contributed by atoms with E-state index in [1.54, 1.807) is 18.2 Å². The minimum absolute atomic E-state index is 0.0110. The molecule has 5 nitrogen and oxygen atoms in total. The third-order valence-corrected chi connectivity index (χ3v) is 4.74. The van der Waals surface area contributed by atoms with Crippen LogP contribution in [0.3, 0.4) is 0 Å². The molecule has 0 saturated carbocycles. The molecule has 0 aromatic heterocycles. The molecule has 1 aromatic rings. The number of methoxy groups -OCH3 is 1. The zero-order chi connectivity index (χ0) is 18.9. The van der Waals surface area contributed by atoms with Crippen molar-refractivity contribution in [1.29, 1.82) is 0 Å². The van der Waals surface area contributed by atoms with Gasteiger partial charge in [0.1, 0.15) is 17.3 Å². The molecule has 1 atom stereocenters. The van der Waals surface area contributed by atoms with Gasteiger partial charge in [-0.3, -0.25) is 14.4 Å². The maximum absolute atomic E-state index is 13.0. The highest BCUT2D eigenvalue weighted by Gasteiger charge is 2.40. The average Bonchev–Trinajstić information content (AvgIpc) is 2.48. The van der Waals surface area contributed by atoms with Crippen LogP contribution in [0.1, 0.15) is 36.2 Å². The zero-order valence-corrected chi connectivity index (χ0v) is 16.6. The minimum atomic E-state index is -2.09. The minimum Gasteiger partial charge on any atom is -0.544 e. The second-order valence-corrected chi connectivity index (χ2v) is 11.6. The van der Waals surface area contributed by atoms with E-state index in [1.807, 2.05) is 19.6 Å². The fourth-order valence-corrected chi connectivity index (χ4v) is 3.88. The van der Waals surface area contributed by atoms with Crippen molar-refractivity contribution in [3.63, 3.8) is 0 Å². The van der Waals surface area contributed by atoms with Crippen molar-refractivity contribution >= 4 is 31.4 Å². The second kappa shape index (κ2) is 6.96. The van der Waals surface area contributed by atoms with Crippen LogP contribution in [0.5, 0.6) is 5.75 Å². The molecule has 25 heavy (non-hydrogen) atoms. The predicted molar refractivity (Wildman–Crippen MR) is 98.1 cm³/mol. The van der Waals surface area contributed by atoms with Gasteiger partial charge in [0.05, 0.1) is 18.6 Å². The van der Waals surface area contributed by atoms with Crippen molar-refractivity contribution in [3.8, 4) is 5.75 Å². The van der Waals surface area contributed by atoms with E-state index in [9.17, 15) is 14.4 Å². The first kappa shape index (κ1) is 19.1. The summed E-state index contributed by atoms with van der Waals surface area (Å²) in [5, 5.41) is 0. The van der Waals surface area contributed by atoms with Crippen LogP contribution in [0.25, 0.3) is 5.76 Å². The normalized spacial score (nSPS) is 17.2. The van der Waals surface area contributed by atoms with Crippen LogP contribution in [-0.2, 0) is 14.0 Å². The first-order valence-corrected chi connectivity index (χ1v) is 11.6. The van der Waals surface area contributed by atoms with Crippen LogP contribution in [0.15, 0.2) is 23.8 Å². The van der Waals surface area contributed by atoms with Gasteiger partial charge in [-0.1, -0.05) is 12.1 Å². The molecule has 1 aliphatic rings. The fourth-order valence-electron chi connectivity index (χ4n) is 3.05. The highest BCUT2D eigenvalue weighted by molar-refractivity contribution is 6.70. The van der Waals surface area contributed by atoms with Gasteiger partial charge >= 0.3 is 0 Å². The number of benzene rings is 1. The number of ketones is 3. The molecule has 0 bridgehead atoms. The summed E-state index contributed by atoms with van der Waals surface area (Å²) >= 11 is 0. The molecule has 0 fully saturated rings. The SMILES string of the molecule is COc1cccc2c1C(O[Si](C)(C)C)=C(C(C)=O)C(CC(C)=O)C2=O. The van der Waals surface area contributed by atoms with E-state index in [2.05, 4.69) is 0 Å². The highest BCUT2D eigenvalue weighted by atomic mass is 28.4. The van der Waals surface area contributed by atoms with Gasteiger partial charge in [-0.2, -0.15) is 0 Å². The largest absolute Gasteiger partial charge is 0.544 e. The summed E-state index contributed by atoms with van der Waals surface area (Å²) in [5.74, 6) is -0.567. The maximum Gasteiger partial charge on any atom is 0.242 e. The van der Waals surface area contributed by atoms with E-state index >= 15 is 0 Å². The van der Waals surface area contributed by atoms with Gasteiger partial charge in [0, 0.05) is 17.6 Å². The monoisotopic (exact) mass is 360 g/mol. The topological polar surface area (TPSA) is 69.7 Å². The Balaban J connectivity index is 2.84. The van der Waals surface area contributed by atoms with Gasteiger partial charge in [0.25, 0.3) is 0 Å². The Morgan fingerprint density at radius 1 is 1.16 bits per heavy atom. The van der Waals surface area contributed by atoms with E-state index in [-0.39, 0.29) is 29.3 Å². The molecule has 0 heterocycles. The zero-order valence-electron chi connectivity index (χ0n) is 15.6. The predicted octanol–water partition coefficient (Wildman–Crippen LogP) is 3.64. The van der Waals surface area contributed by atoms with Crippen molar-refractivity contribution < 1.29 is 23.5 Å². The van der Waals surface area contributed by atoms with Crippen LogP contribution in [0, 0.1) is 5.92 Å². The number of Topliss-reactive ketones (excluding diaryl/α,β-unsaturated/α-hetero) is 3. The van der Waals surface area contributed by atoms with Crippen molar-refractivity contribution in [3.05, 3.63) is 34.9 Å². The summed E-state index contributed by atoms with van der Waals surface area (Å²) in [4.78, 5) is 37.1. The first-order chi connectivity index (χ1) is 11.6. The summed E-state index contributed by atoms with van der Waals surface area (Å²) in [6.45, 7) is 8.84. The Morgan fingerprint density at radius 2 is 1.80 bits per heavy atom. The van der Waals surface area contributed by atoms with Crippen molar-refractivity contribution in [2.45, 2.75) is 39.9 Å². The number of fused-ring (bicyclic) bond motifs is 1. The quantitative estimate of drug-likeness (QED) is 0.725. The Hall–Kier alpha value is -2.21. The molecule has 0 radical (unpaired) electrons. The molecule has 1 unspecified atom stereocenters. The number of allylic oxidation sites excluding steroid dienone is 1. The lowest BCUT2D eigenvalue weighted by atomic mass is 9.77. The molecular weight excluding hydrogens is 336 g/mol. The fraction of sp³-hybridized carbons (Fsp3) is 0.421. The number of carbonyl (C=O) groups excluding carboxylic acids is 3. The molecule has 134 valence electrons. The summed E-state index contributed by atoms with van der Waals surface area (Å²) in [6.07, 6.45) is -0.0110. The van der Waals surface area contributed by atoms with Crippen molar-refractivity contribution in [2.24, 2.45) is 5.92 Å². The molecule has 2 rings (SSSR count). The molecular formula is C19H24O5Si. The Morgan fingerprint density at radius 3 is 2.28 bits per heavy atom. The third kappa shape index (κ3) is 3.90. The number of rotatable bonds is 6. The number of ether oxygens (including phenoxy) is 1. The third-order valence-electron chi connectivity index (χ3n) is 3.93. The van der Waals surface area contributed by atoms with E-state index < -0.39 is 14.2 Å². The lowest BCUT2D eigenvalue weighted by molar-refractivity contribution is -0.117. The molecule has 0 aliphatic heterocycles. The van der Waals surface area contributed by atoms with Crippen molar-refractivity contribution in [1.82, 2.24) is 0 Å². The second-order valence-electron chi connectivity index (χ2n) is 7.22. The van der Waals surface area contributed by atoms with Gasteiger partial charge in [-0.25, -0.2) is 0 Å². The van der Waals surface area contributed by atoms with Gasteiger partial charge in [-0.15, -0.1) is 0 Å². The van der Waals surface area contributed by atoms with Crippen LogP contribution >= 0.6 is 0 Å². The van der Waals surface area contributed by atoms with Gasteiger partial charge in [0.2, 0.25) is 8.32 Å². The Bertz CT molecular complexity index is 771. The van der Waals surface area contributed by atoms with E-state index in [1.165, 1.54) is 21.0 Å². The van der Waals surface area contributed by atoms with E-state index in [4.69, 9.17) is 9.16 Å². The van der Waals surface area contributed by atoms with Gasteiger partial charge in [-0.05, 0) is 39.6 Å². The molecule has 0 saturated heterocycles. The highest BCUT2D eigenvalue weighted by Crippen LogP contribution is 2.43. The first-order valence-electron chi connectivity index (χ1n) is 8.22. The lowest BCUT2D eigenvalue weighted by Crippen LogP contribution is -2.33. The van der Waals surface area contributed by atoms with Crippen LogP contribution in [0.2, 0.25) is 19.6 Å². The molecule has 0 spiro atoms. The average molecular weight is 360 g/mol. The van der Waals surface area contributed by atoms with E-state index in [0.29, 0.717) is 22.6 Å². The van der Waals surface area contributed by atoms with Crippen LogP contribution in [-0.4, -0.2) is 32.8 Å². The van der Waals surface area contributed by atoms with E-state index in [0.717, 1.165) is 0 Å². The van der Waals surface area contributed by atoms with Crippen LogP contribution < -0.4 is 4.74 Å². The molecule has 1 aliphatic carbocycles.